The highest BCUT2D eigenvalue weighted by molar-refractivity contribution is 5.16. The average molecular weight is 459 g/mol. The van der Waals surface area contributed by atoms with Crippen molar-refractivity contribution in [2.75, 3.05) is 13.2 Å². The van der Waals surface area contributed by atoms with Gasteiger partial charge in [0.15, 0.2) is 0 Å². The molecule has 5 aliphatic rings. The predicted octanol–water partition coefficient (Wildman–Crippen LogP) is 8.28. The molecule has 0 bridgehead atoms. The first kappa shape index (κ1) is 24.6. The third kappa shape index (κ3) is 3.78. The van der Waals surface area contributed by atoms with Crippen LogP contribution in [0.1, 0.15) is 119 Å². The lowest BCUT2D eigenvalue weighted by Gasteiger charge is -2.66. The van der Waals surface area contributed by atoms with Gasteiger partial charge in [-0.25, -0.2) is 0 Å². The Kier molecular flexibility index (Phi) is 6.34. The van der Waals surface area contributed by atoms with Crippen molar-refractivity contribution in [1.82, 2.24) is 0 Å². The molecular formula is C31H54O2. The molecule has 0 aromatic rings. The van der Waals surface area contributed by atoms with E-state index in [1.807, 2.05) is 0 Å². The van der Waals surface area contributed by atoms with Gasteiger partial charge >= 0.3 is 0 Å². The maximum absolute atomic E-state index is 6.55. The van der Waals surface area contributed by atoms with Crippen molar-refractivity contribution in [1.29, 1.82) is 0 Å². The Hall–Kier alpha value is -0.0800. The van der Waals surface area contributed by atoms with E-state index < -0.39 is 0 Å². The third-order valence-electron chi connectivity index (χ3n) is 12.7. The van der Waals surface area contributed by atoms with Gasteiger partial charge in [0.1, 0.15) is 0 Å². The molecule has 0 amide bonds. The van der Waals surface area contributed by atoms with Crippen molar-refractivity contribution >= 4 is 0 Å². The zero-order valence-corrected chi connectivity index (χ0v) is 23.1. The minimum Gasteiger partial charge on any atom is -0.370 e. The molecule has 190 valence electrons. The molecule has 1 heterocycles. The molecular weight excluding hydrogens is 404 g/mol. The minimum atomic E-state index is -0.109. The van der Waals surface area contributed by atoms with Gasteiger partial charge in [-0.3, -0.25) is 0 Å². The molecule has 0 radical (unpaired) electrons. The second kappa shape index (κ2) is 8.50. The number of ether oxygens (including phenoxy) is 2. The summed E-state index contributed by atoms with van der Waals surface area (Å²) in [6.07, 6.45) is 15.6. The van der Waals surface area contributed by atoms with Gasteiger partial charge in [0.2, 0.25) is 0 Å². The van der Waals surface area contributed by atoms with E-state index in [0.717, 1.165) is 54.6 Å². The Morgan fingerprint density at radius 2 is 1.45 bits per heavy atom. The molecule has 0 aromatic heterocycles. The Bertz CT molecular complexity index is 718. The summed E-state index contributed by atoms with van der Waals surface area (Å²) in [7, 11) is 0. The number of hydrogen-bond acceptors (Lipinski definition) is 2. The van der Waals surface area contributed by atoms with Crippen LogP contribution in [-0.4, -0.2) is 24.4 Å². The summed E-state index contributed by atoms with van der Waals surface area (Å²) >= 11 is 0. The minimum absolute atomic E-state index is 0.0880. The normalized spacial score (nSPS) is 52.5. The van der Waals surface area contributed by atoms with Gasteiger partial charge in [-0.15, -0.1) is 0 Å². The molecule has 0 aromatic carbocycles. The van der Waals surface area contributed by atoms with Gasteiger partial charge in [0.05, 0.1) is 24.4 Å². The molecule has 2 unspecified atom stereocenters. The van der Waals surface area contributed by atoms with Crippen molar-refractivity contribution in [3.8, 4) is 0 Å². The smallest absolute Gasteiger partial charge is 0.0946 e. The van der Waals surface area contributed by atoms with E-state index in [0.29, 0.717) is 10.8 Å². The molecule has 33 heavy (non-hydrogen) atoms. The summed E-state index contributed by atoms with van der Waals surface area (Å²) in [5, 5.41) is 0. The molecule has 0 spiro atoms. The van der Waals surface area contributed by atoms with Gasteiger partial charge in [0, 0.05) is 0 Å². The van der Waals surface area contributed by atoms with Crippen molar-refractivity contribution in [2.45, 2.75) is 130 Å². The lowest BCUT2D eigenvalue weighted by Crippen LogP contribution is -2.67. The fraction of sp³-hybridized carbons (Fsp3) is 1.00. The van der Waals surface area contributed by atoms with Crippen LogP contribution >= 0.6 is 0 Å². The maximum atomic E-state index is 6.55. The van der Waals surface area contributed by atoms with E-state index in [-0.39, 0.29) is 11.2 Å². The van der Waals surface area contributed by atoms with Gasteiger partial charge in [0.25, 0.3) is 0 Å². The van der Waals surface area contributed by atoms with Gasteiger partial charge < -0.3 is 9.47 Å². The van der Waals surface area contributed by atoms with Crippen LogP contribution in [0.2, 0.25) is 0 Å². The Morgan fingerprint density at radius 1 is 0.758 bits per heavy atom. The van der Waals surface area contributed by atoms with Gasteiger partial charge in [-0.1, -0.05) is 53.9 Å². The summed E-state index contributed by atoms with van der Waals surface area (Å²) < 4.78 is 13.0. The first-order valence-corrected chi connectivity index (χ1v) is 14.8. The van der Waals surface area contributed by atoms with E-state index in [2.05, 4.69) is 48.5 Å². The van der Waals surface area contributed by atoms with E-state index >= 15 is 0 Å². The van der Waals surface area contributed by atoms with Crippen LogP contribution in [0.4, 0.5) is 0 Å². The van der Waals surface area contributed by atoms with Crippen LogP contribution in [0.3, 0.4) is 0 Å². The second-order valence-electron chi connectivity index (χ2n) is 14.7. The van der Waals surface area contributed by atoms with Crippen LogP contribution in [0, 0.1) is 52.3 Å². The quantitative estimate of drug-likeness (QED) is 0.412. The monoisotopic (exact) mass is 458 g/mol. The van der Waals surface area contributed by atoms with Crippen LogP contribution in [0.15, 0.2) is 0 Å². The SMILES string of the molecule is CC(C)CCC[C@@H](C)[C@H]1CC[C@H]2C3CC[C@H]4C[C@]5(C)OCCO[C@]5(C)C[C@]4(C)C3CC[C@]12C. The molecule has 10 atom stereocenters. The number of fused-ring (bicyclic) bond motifs is 6. The summed E-state index contributed by atoms with van der Waals surface area (Å²) in [4.78, 5) is 0. The highest BCUT2D eigenvalue weighted by Gasteiger charge is 2.66. The predicted molar refractivity (Wildman–Crippen MR) is 137 cm³/mol. The molecule has 1 aliphatic heterocycles. The van der Waals surface area contributed by atoms with Crippen LogP contribution < -0.4 is 0 Å². The van der Waals surface area contributed by atoms with Crippen molar-refractivity contribution in [2.24, 2.45) is 52.3 Å². The second-order valence-corrected chi connectivity index (χ2v) is 14.7. The average Bonchev–Trinajstić information content (AvgIpc) is 3.09. The fourth-order valence-electron chi connectivity index (χ4n) is 10.7. The number of rotatable bonds is 5. The lowest BCUT2D eigenvalue weighted by atomic mass is 9.42. The molecule has 4 saturated carbocycles. The largest absolute Gasteiger partial charge is 0.370 e. The van der Waals surface area contributed by atoms with E-state index in [1.54, 1.807) is 0 Å². The highest BCUT2D eigenvalue weighted by Crippen LogP contribution is 2.70. The first-order valence-electron chi connectivity index (χ1n) is 14.8. The Labute approximate surface area is 205 Å². The number of hydrogen-bond donors (Lipinski definition) is 0. The maximum Gasteiger partial charge on any atom is 0.0946 e. The Balaban J connectivity index is 1.33. The summed E-state index contributed by atoms with van der Waals surface area (Å²) in [5.41, 5.74) is 0.830. The molecule has 5 fully saturated rings. The van der Waals surface area contributed by atoms with Crippen LogP contribution in [0.25, 0.3) is 0 Å². The standard InChI is InChI=1S/C31H54O2/c1-21(2)9-8-10-22(3)25-13-14-26-24-12-11-23-19-30(6)31(7,33-18-17-32-30)20-29(23,5)27(24)15-16-28(25,26)4/h21-27H,8-20H2,1-7H3/t22-,23+,24?,25-,26+,27?,28-,29+,30+,31-/m1/s1. The summed E-state index contributed by atoms with van der Waals surface area (Å²) in [5.74, 6) is 6.36. The highest BCUT2D eigenvalue weighted by atomic mass is 16.6. The van der Waals surface area contributed by atoms with Gasteiger partial charge in [-0.2, -0.15) is 0 Å². The topological polar surface area (TPSA) is 18.5 Å². The molecule has 2 nitrogen and oxygen atoms in total. The molecule has 2 heteroatoms. The van der Waals surface area contributed by atoms with E-state index in [9.17, 15) is 0 Å². The summed E-state index contributed by atoms with van der Waals surface area (Å²) in [6.45, 7) is 19.1. The lowest BCUT2D eigenvalue weighted by molar-refractivity contribution is -0.300. The molecule has 1 saturated heterocycles. The zero-order chi connectivity index (χ0) is 23.6. The van der Waals surface area contributed by atoms with Crippen LogP contribution in [-0.2, 0) is 9.47 Å². The van der Waals surface area contributed by atoms with E-state index in [1.165, 1.54) is 70.6 Å². The molecule has 5 rings (SSSR count). The van der Waals surface area contributed by atoms with Crippen molar-refractivity contribution in [3.05, 3.63) is 0 Å². The third-order valence-corrected chi connectivity index (χ3v) is 12.7. The summed E-state index contributed by atoms with van der Waals surface area (Å²) in [6, 6.07) is 0. The molecule has 4 aliphatic carbocycles. The Morgan fingerprint density at radius 3 is 2.18 bits per heavy atom. The van der Waals surface area contributed by atoms with Crippen LogP contribution in [0.5, 0.6) is 0 Å². The van der Waals surface area contributed by atoms with Crippen molar-refractivity contribution in [3.63, 3.8) is 0 Å². The molecule has 0 N–H and O–H groups in total. The fourth-order valence-corrected chi connectivity index (χ4v) is 10.7. The van der Waals surface area contributed by atoms with Crippen molar-refractivity contribution < 1.29 is 9.47 Å². The van der Waals surface area contributed by atoms with Gasteiger partial charge in [-0.05, 0) is 117 Å². The first-order chi connectivity index (χ1) is 15.5. The van der Waals surface area contributed by atoms with E-state index in [4.69, 9.17) is 9.47 Å². The zero-order valence-electron chi connectivity index (χ0n) is 23.1.